The highest BCUT2D eigenvalue weighted by molar-refractivity contribution is 5.91. The number of halogens is 1. The van der Waals surface area contributed by atoms with Crippen LogP contribution in [0.5, 0.6) is 0 Å². The predicted octanol–water partition coefficient (Wildman–Crippen LogP) is 2.33. The quantitative estimate of drug-likeness (QED) is 0.846. The van der Waals surface area contributed by atoms with Crippen molar-refractivity contribution in [2.24, 2.45) is 11.1 Å². The molecule has 2 atom stereocenters. The molecule has 7 heteroatoms. The zero-order valence-electron chi connectivity index (χ0n) is 14.2. The van der Waals surface area contributed by atoms with Crippen LogP contribution in [-0.4, -0.2) is 37.7 Å². The molecule has 1 saturated heterocycles. The minimum Gasteiger partial charge on any atom is -0.443 e. The van der Waals surface area contributed by atoms with Gasteiger partial charge in [0.15, 0.2) is 0 Å². The van der Waals surface area contributed by atoms with Gasteiger partial charge in [-0.15, -0.1) is 12.4 Å². The minimum atomic E-state index is -0.363. The molecule has 2 aliphatic rings. The van der Waals surface area contributed by atoms with E-state index in [1.165, 1.54) is 0 Å². The van der Waals surface area contributed by atoms with Gasteiger partial charge in [0.1, 0.15) is 6.10 Å². The number of carbonyl (C=O) groups excluding carboxylic acids is 2. The van der Waals surface area contributed by atoms with E-state index in [-0.39, 0.29) is 36.1 Å². The Bertz CT molecular complexity index is 644. The largest absolute Gasteiger partial charge is 0.443 e. The molecule has 0 aromatic heterocycles. The number of rotatable bonds is 3. The van der Waals surface area contributed by atoms with Crippen LogP contribution in [-0.2, 0) is 16.0 Å². The van der Waals surface area contributed by atoms with Crippen molar-refractivity contribution in [1.29, 1.82) is 0 Å². The van der Waals surface area contributed by atoms with Gasteiger partial charge < -0.3 is 15.4 Å². The Morgan fingerprint density at radius 3 is 2.62 bits per heavy atom. The number of cyclic esters (lactones) is 1. The maximum atomic E-state index is 12.0. The van der Waals surface area contributed by atoms with Crippen LogP contribution in [0.1, 0.15) is 26.3 Å². The van der Waals surface area contributed by atoms with Crippen LogP contribution < -0.4 is 15.5 Å². The summed E-state index contributed by atoms with van der Waals surface area (Å²) in [7, 11) is 0. The van der Waals surface area contributed by atoms with Crippen molar-refractivity contribution in [3.63, 3.8) is 0 Å². The summed E-state index contributed by atoms with van der Waals surface area (Å²) in [6, 6.07) is 5.87. The third kappa shape index (κ3) is 3.08. The Hall–Kier alpha value is -1.79. The molecular formula is C17H24ClN3O3. The number of hydrogen-bond acceptors (Lipinski definition) is 4. The second kappa shape index (κ2) is 6.61. The van der Waals surface area contributed by atoms with Crippen molar-refractivity contribution in [3.05, 3.63) is 23.8 Å². The molecule has 2 heterocycles. The number of ether oxygens (including phenoxy) is 1. The Morgan fingerprint density at radius 2 is 2.08 bits per heavy atom. The maximum Gasteiger partial charge on any atom is 0.414 e. The molecule has 0 bridgehead atoms. The molecule has 1 unspecified atom stereocenters. The molecule has 1 aromatic rings. The first-order valence-corrected chi connectivity index (χ1v) is 7.90. The molecule has 0 spiro atoms. The molecular weight excluding hydrogens is 330 g/mol. The predicted molar refractivity (Wildman–Crippen MR) is 95.8 cm³/mol. The number of fused-ring (bicyclic) bond motifs is 1. The lowest BCUT2D eigenvalue weighted by Gasteiger charge is -2.32. The van der Waals surface area contributed by atoms with Crippen LogP contribution in [0.25, 0.3) is 0 Å². The zero-order valence-corrected chi connectivity index (χ0v) is 15.0. The smallest absolute Gasteiger partial charge is 0.414 e. The molecule has 1 fully saturated rings. The third-order valence-electron chi connectivity index (χ3n) is 4.65. The third-order valence-corrected chi connectivity index (χ3v) is 4.65. The van der Waals surface area contributed by atoms with E-state index in [0.29, 0.717) is 13.1 Å². The van der Waals surface area contributed by atoms with E-state index in [1.807, 2.05) is 18.2 Å². The highest BCUT2D eigenvalue weighted by atomic mass is 35.5. The van der Waals surface area contributed by atoms with Crippen molar-refractivity contribution in [1.82, 2.24) is 0 Å². The van der Waals surface area contributed by atoms with Gasteiger partial charge in [0.2, 0.25) is 6.41 Å². The highest BCUT2D eigenvalue weighted by Crippen LogP contribution is 2.40. The minimum absolute atomic E-state index is 0. The van der Waals surface area contributed by atoms with Gasteiger partial charge >= 0.3 is 6.09 Å². The molecule has 2 N–H and O–H groups in total. The molecule has 132 valence electrons. The first-order chi connectivity index (χ1) is 10.8. The number of nitrogens with zero attached hydrogens (tertiary/aromatic N) is 2. The fourth-order valence-corrected chi connectivity index (χ4v) is 3.34. The highest BCUT2D eigenvalue weighted by Gasteiger charge is 2.38. The van der Waals surface area contributed by atoms with E-state index in [2.05, 4.69) is 20.8 Å². The fraction of sp³-hybridized carbons (Fsp3) is 0.529. The summed E-state index contributed by atoms with van der Waals surface area (Å²) in [5.74, 6) is 0. The van der Waals surface area contributed by atoms with Crippen molar-refractivity contribution in [3.8, 4) is 0 Å². The maximum absolute atomic E-state index is 12.0. The van der Waals surface area contributed by atoms with Crippen LogP contribution >= 0.6 is 12.4 Å². The average molecular weight is 354 g/mol. The van der Waals surface area contributed by atoms with Crippen LogP contribution in [0.3, 0.4) is 0 Å². The molecule has 0 aliphatic carbocycles. The molecule has 0 radical (unpaired) electrons. The Morgan fingerprint density at radius 1 is 1.38 bits per heavy atom. The molecule has 3 rings (SSSR count). The topological polar surface area (TPSA) is 75.9 Å². The number of nitrogens with two attached hydrogens (primary N) is 1. The molecule has 2 aliphatic heterocycles. The van der Waals surface area contributed by atoms with E-state index >= 15 is 0 Å². The first-order valence-electron chi connectivity index (χ1n) is 7.90. The van der Waals surface area contributed by atoms with Crippen molar-refractivity contribution in [2.75, 3.05) is 22.9 Å². The SMILES string of the molecule is CC(C)(C)C1Cc2cc(N3C[C@H](CN)OC3=O)ccc2N1C=O.Cl. The zero-order chi connectivity index (χ0) is 16.8. The van der Waals surface area contributed by atoms with Gasteiger partial charge in [0.25, 0.3) is 0 Å². The van der Waals surface area contributed by atoms with E-state index in [1.54, 1.807) is 9.80 Å². The van der Waals surface area contributed by atoms with Gasteiger partial charge in [-0.2, -0.15) is 0 Å². The molecule has 2 amide bonds. The lowest BCUT2D eigenvalue weighted by atomic mass is 9.84. The Labute approximate surface area is 148 Å². The molecule has 6 nitrogen and oxygen atoms in total. The summed E-state index contributed by atoms with van der Waals surface area (Å²) in [5, 5.41) is 0. The van der Waals surface area contributed by atoms with Gasteiger partial charge in [-0.3, -0.25) is 9.69 Å². The van der Waals surface area contributed by atoms with Gasteiger partial charge in [0, 0.05) is 24.0 Å². The Kier molecular flexibility index (Phi) is 5.11. The van der Waals surface area contributed by atoms with Gasteiger partial charge in [0.05, 0.1) is 6.54 Å². The average Bonchev–Trinajstić information content (AvgIpc) is 3.06. The monoisotopic (exact) mass is 353 g/mol. The number of carbonyl (C=O) groups is 2. The fourth-order valence-electron chi connectivity index (χ4n) is 3.34. The van der Waals surface area contributed by atoms with Crippen LogP contribution in [0, 0.1) is 5.41 Å². The van der Waals surface area contributed by atoms with Crippen LogP contribution in [0.2, 0.25) is 0 Å². The van der Waals surface area contributed by atoms with Crippen LogP contribution in [0.4, 0.5) is 16.2 Å². The van der Waals surface area contributed by atoms with E-state index in [9.17, 15) is 9.59 Å². The van der Waals surface area contributed by atoms with Crippen molar-refractivity contribution >= 4 is 36.3 Å². The molecule has 1 aromatic carbocycles. The van der Waals surface area contributed by atoms with E-state index < -0.39 is 0 Å². The summed E-state index contributed by atoms with van der Waals surface area (Å²) in [6.45, 7) is 7.17. The molecule has 0 saturated carbocycles. The number of hydrogen-bond donors (Lipinski definition) is 1. The molecule has 24 heavy (non-hydrogen) atoms. The lowest BCUT2D eigenvalue weighted by Crippen LogP contribution is -2.41. The summed E-state index contributed by atoms with van der Waals surface area (Å²) >= 11 is 0. The summed E-state index contributed by atoms with van der Waals surface area (Å²) in [4.78, 5) is 26.9. The Balaban J connectivity index is 0.00000208. The van der Waals surface area contributed by atoms with E-state index in [4.69, 9.17) is 10.5 Å². The summed E-state index contributed by atoms with van der Waals surface area (Å²) < 4.78 is 5.21. The number of anilines is 2. The summed E-state index contributed by atoms with van der Waals surface area (Å²) in [6.07, 6.45) is 1.06. The first kappa shape index (κ1) is 18.5. The van der Waals surface area contributed by atoms with Gasteiger partial charge in [-0.25, -0.2) is 4.79 Å². The number of amides is 2. The van der Waals surface area contributed by atoms with Crippen LogP contribution in [0.15, 0.2) is 18.2 Å². The summed E-state index contributed by atoms with van der Waals surface area (Å²) in [5.41, 5.74) is 8.36. The number of benzene rings is 1. The normalized spacial score (nSPS) is 22.9. The standard InChI is InChI=1S/C17H23N3O3.ClH/c1-17(2,3)15-7-11-6-12(4-5-14(11)20(15)10-21)19-9-13(8-18)23-16(19)22;/h4-6,10,13,15H,7-9,18H2,1-3H3;1H/t13-,15?;/m0./s1. The lowest BCUT2D eigenvalue weighted by molar-refractivity contribution is -0.108. The second-order valence-corrected chi connectivity index (χ2v) is 7.26. The van der Waals surface area contributed by atoms with E-state index in [0.717, 1.165) is 29.8 Å². The van der Waals surface area contributed by atoms with Gasteiger partial charge in [-0.1, -0.05) is 20.8 Å². The van der Waals surface area contributed by atoms with Crippen molar-refractivity contribution in [2.45, 2.75) is 39.3 Å². The van der Waals surface area contributed by atoms with Gasteiger partial charge in [-0.05, 0) is 35.6 Å². The van der Waals surface area contributed by atoms with Crippen molar-refractivity contribution < 1.29 is 14.3 Å². The second-order valence-electron chi connectivity index (χ2n) is 7.26.